The number of nitrogens with one attached hydrogen (secondary N) is 2. The van der Waals surface area contributed by atoms with E-state index in [2.05, 4.69) is 32.3 Å². The largest absolute Gasteiger partial charge is 0.338 e. The van der Waals surface area contributed by atoms with E-state index in [9.17, 15) is 9.18 Å². The number of hydrogen-bond acceptors (Lipinski definition) is 4. The van der Waals surface area contributed by atoms with Crippen molar-refractivity contribution in [2.24, 2.45) is 13.0 Å². The molecule has 7 nitrogen and oxygen atoms in total. The number of aromatic amines is 1. The molecule has 8 heteroatoms. The molecule has 0 spiro atoms. The Labute approximate surface area is 185 Å². The highest BCUT2D eigenvalue weighted by molar-refractivity contribution is 5.93. The first-order valence-corrected chi connectivity index (χ1v) is 10.7. The summed E-state index contributed by atoms with van der Waals surface area (Å²) in [6.45, 7) is 1.72. The Hall–Kier alpha value is -3.52. The number of likely N-dealkylation sites (tertiary alicyclic amines) is 1. The number of fused-ring (bicyclic) bond motifs is 1. The molecule has 0 radical (unpaired) electrons. The highest BCUT2D eigenvalue weighted by atomic mass is 19.1. The highest BCUT2D eigenvalue weighted by Gasteiger charge is 2.34. The van der Waals surface area contributed by atoms with Crippen LogP contribution in [-0.2, 0) is 11.8 Å². The van der Waals surface area contributed by atoms with Crippen LogP contribution in [0.15, 0.2) is 54.9 Å². The second-order valence-corrected chi connectivity index (χ2v) is 8.52. The maximum Gasteiger partial charge on any atom is 0.228 e. The van der Waals surface area contributed by atoms with E-state index in [1.807, 2.05) is 43.7 Å². The van der Waals surface area contributed by atoms with E-state index in [0.717, 1.165) is 36.3 Å². The lowest BCUT2D eigenvalue weighted by Gasteiger charge is -2.35. The Morgan fingerprint density at radius 2 is 2.00 bits per heavy atom. The molecule has 1 aliphatic heterocycles. The van der Waals surface area contributed by atoms with Gasteiger partial charge in [0.25, 0.3) is 0 Å². The lowest BCUT2D eigenvalue weighted by atomic mass is 9.81. The summed E-state index contributed by atoms with van der Waals surface area (Å²) in [4.78, 5) is 23.1. The van der Waals surface area contributed by atoms with Crippen LogP contribution in [-0.4, -0.2) is 50.7 Å². The Morgan fingerprint density at radius 3 is 2.75 bits per heavy atom. The first-order valence-electron chi connectivity index (χ1n) is 10.7. The normalized spacial score (nSPS) is 19.3. The molecule has 1 fully saturated rings. The molecule has 164 valence electrons. The molecule has 2 N–H and O–H groups in total. The number of benzene rings is 2. The smallest absolute Gasteiger partial charge is 0.228 e. The fourth-order valence-electron chi connectivity index (χ4n) is 4.46. The molecule has 1 aliphatic rings. The molecule has 0 bridgehead atoms. The quantitative estimate of drug-likeness (QED) is 0.515. The number of rotatable bonds is 4. The zero-order valence-corrected chi connectivity index (χ0v) is 18.0. The van der Waals surface area contributed by atoms with Crippen LogP contribution in [0, 0.1) is 11.7 Å². The number of halogens is 1. The molecule has 2 aromatic heterocycles. The van der Waals surface area contributed by atoms with Gasteiger partial charge in [-0.15, -0.1) is 0 Å². The molecule has 4 aromatic rings. The van der Waals surface area contributed by atoms with Gasteiger partial charge in [-0.1, -0.05) is 0 Å². The SMILES string of the molecule is CN1CCC(C(=O)Nc2ccc(-c3nc4ccc(F)cc4[nH]3)cc2)C(c2cnn(C)c2)C1. The number of amides is 1. The zero-order valence-electron chi connectivity index (χ0n) is 18.0. The van der Waals surface area contributed by atoms with E-state index < -0.39 is 0 Å². The predicted molar refractivity (Wildman–Crippen MR) is 122 cm³/mol. The van der Waals surface area contributed by atoms with E-state index in [-0.39, 0.29) is 23.6 Å². The molecule has 2 atom stereocenters. The maximum absolute atomic E-state index is 13.4. The van der Waals surface area contributed by atoms with Crippen molar-refractivity contribution in [1.29, 1.82) is 0 Å². The maximum atomic E-state index is 13.4. The third-order valence-corrected chi connectivity index (χ3v) is 6.18. The van der Waals surface area contributed by atoms with E-state index in [0.29, 0.717) is 16.9 Å². The van der Waals surface area contributed by atoms with E-state index in [4.69, 9.17) is 0 Å². The molecule has 0 aliphatic carbocycles. The van der Waals surface area contributed by atoms with Crippen molar-refractivity contribution in [3.05, 3.63) is 66.2 Å². The summed E-state index contributed by atoms with van der Waals surface area (Å²) in [5.74, 6) is 0.386. The lowest BCUT2D eigenvalue weighted by Crippen LogP contribution is -2.41. The summed E-state index contributed by atoms with van der Waals surface area (Å²) >= 11 is 0. The van der Waals surface area contributed by atoms with Crippen molar-refractivity contribution in [2.75, 3.05) is 25.5 Å². The lowest BCUT2D eigenvalue weighted by molar-refractivity contribution is -0.121. The van der Waals surface area contributed by atoms with Gasteiger partial charge in [-0.25, -0.2) is 9.37 Å². The number of H-pyrrole nitrogens is 1. The summed E-state index contributed by atoms with van der Waals surface area (Å²) in [5, 5.41) is 7.37. The Balaban J connectivity index is 1.32. The fraction of sp³-hybridized carbons (Fsp3) is 0.292. The Morgan fingerprint density at radius 1 is 1.19 bits per heavy atom. The summed E-state index contributed by atoms with van der Waals surface area (Å²) in [7, 11) is 3.98. The standard InChI is InChI=1S/C24H25FN6O/c1-30-10-9-19(20(14-30)16-12-26-31(2)13-16)24(32)27-18-6-3-15(4-7-18)23-28-21-8-5-17(25)11-22(21)29-23/h3-8,11-13,19-20H,9-10,14H2,1-2H3,(H,27,32)(H,28,29). The van der Waals surface area contributed by atoms with Crippen molar-refractivity contribution in [3.8, 4) is 11.4 Å². The number of imidazole rings is 1. The van der Waals surface area contributed by atoms with Gasteiger partial charge in [0, 0.05) is 42.9 Å². The molecular formula is C24H25FN6O. The highest BCUT2D eigenvalue weighted by Crippen LogP contribution is 2.33. The number of anilines is 1. The monoisotopic (exact) mass is 432 g/mol. The zero-order chi connectivity index (χ0) is 22.2. The predicted octanol–water partition coefficient (Wildman–Crippen LogP) is 3.78. The minimum Gasteiger partial charge on any atom is -0.338 e. The van der Waals surface area contributed by atoms with Gasteiger partial charge < -0.3 is 15.2 Å². The van der Waals surface area contributed by atoms with Gasteiger partial charge in [0.15, 0.2) is 0 Å². The van der Waals surface area contributed by atoms with Crippen molar-refractivity contribution in [1.82, 2.24) is 24.6 Å². The van der Waals surface area contributed by atoms with Gasteiger partial charge in [0.1, 0.15) is 11.6 Å². The molecule has 1 amide bonds. The third kappa shape index (κ3) is 4.01. The second kappa shape index (κ2) is 8.20. The Kier molecular flexibility index (Phi) is 5.22. The van der Waals surface area contributed by atoms with Crippen LogP contribution in [0.3, 0.4) is 0 Å². The number of piperidine rings is 1. The van der Waals surface area contributed by atoms with Crippen molar-refractivity contribution >= 4 is 22.6 Å². The molecule has 1 saturated heterocycles. The molecule has 2 aromatic carbocycles. The second-order valence-electron chi connectivity index (χ2n) is 8.52. The Bertz CT molecular complexity index is 1260. The van der Waals surface area contributed by atoms with E-state index in [1.54, 1.807) is 10.7 Å². The van der Waals surface area contributed by atoms with Gasteiger partial charge >= 0.3 is 0 Å². The van der Waals surface area contributed by atoms with E-state index >= 15 is 0 Å². The van der Waals surface area contributed by atoms with E-state index in [1.165, 1.54) is 12.1 Å². The molecule has 3 heterocycles. The minimum atomic E-state index is -0.302. The van der Waals surface area contributed by atoms with Crippen LogP contribution in [0.4, 0.5) is 10.1 Å². The van der Waals surface area contributed by atoms with Gasteiger partial charge in [0.2, 0.25) is 5.91 Å². The number of aryl methyl sites for hydroxylation is 1. The first kappa shape index (κ1) is 20.4. The van der Waals surface area contributed by atoms with Crippen molar-refractivity contribution < 1.29 is 9.18 Å². The summed E-state index contributed by atoms with van der Waals surface area (Å²) in [6.07, 6.45) is 4.66. The summed E-state index contributed by atoms with van der Waals surface area (Å²) < 4.78 is 15.2. The first-order chi connectivity index (χ1) is 15.5. The van der Waals surface area contributed by atoms with Crippen molar-refractivity contribution in [3.63, 3.8) is 0 Å². The molecule has 2 unspecified atom stereocenters. The average molecular weight is 433 g/mol. The van der Waals surface area contributed by atoms with Gasteiger partial charge in [-0.3, -0.25) is 9.48 Å². The summed E-state index contributed by atoms with van der Waals surface area (Å²) in [5.41, 5.74) is 4.07. The average Bonchev–Trinajstić information content (AvgIpc) is 3.40. The minimum absolute atomic E-state index is 0.0268. The number of carbonyl (C=O) groups excluding carboxylic acids is 1. The number of nitrogens with zero attached hydrogens (tertiary/aromatic N) is 4. The van der Waals surface area contributed by atoms with Gasteiger partial charge in [-0.2, -0.15) is 5.10 Å². The van der Waals surface area contributed by atoms with Gasteiger partial charge in [-0.05, 0) is 68.0 Å². The number of likely N-dealkylation sites (N-methyl/N-ethyl adjacent to an activating group) is 1. The van der Waals surface area contributed by atoms with Crippen LogP contribution in [0.5, 0.6) is 0 Å². The third-order valence-electron chi connectivity index (χ3n) is 6.18. The van der Waals surface area contributed by atoms with Crippen LogP contribution in [0.25, 0.3) is 22.4 Å². The molecule has 32 heavy (non-hydrogen) atoms. The van der Waals surface area contributed by atoms with Crippen LogP contribution in [0.1, 0.15) is 17.9 Å². The molecule has 5 rings (SSSR count). The summed E-state index contributed by atoms with van der Waals surface area (Å²) in [6, 6.07) is 12.0. The van der Waals surface area contributed by atoms with Crippen LogP contribution in [0.2, 0.25) is 0 Å². The number of hydrogen-bond donors (Lipinski definition) is 2. The number of aromatic nitrogens is 4. The van der Waals surface area contributed by atoms with Crippen molar-refractivity contribution in [2.45, 2.75) is 12.3 Å². The topological polar surface area (TPSA) is 78.8 Å². The molecular weight excluding hydrogens is 407 g/mol. The number of carbonyl (C=O) groups is 1. The van der Waals surface area contributed by atoms with Crippen LogP contribution >= 0.6 is 0 Å². The van der Waals surface area contributed by atoms with Crippen LogP contribution < -0.4 is 5.32 Å². The molecule has 0 saturated carbocycles. The van der Waals surface area contributed by atoms with Gasteiger partial charge in [0.05, 0.1) is 17.2 Å². The fourth-order valence-corrected chi connectivity index (χ4v) is 4.46.